The molecule has 0 unspecified atom stereocenters. The van der Waals surface area contributed by atoms with Crippen molar-refractivity contribution in [1.29, 1.82) is 0 Å². The Labute approximate surface area is 159 Å². The van der Waals surface area contributed by atoms with Gasteiger partial charge in [-0.1, -0.05) is 31.1 Å². The van der Waals surface area contributed by atoms with Gasteiger partial charge in [-0.05, 0) is 25.0 Å². The monoisotopic (exact) mass is 373 g/mol. The lowest BCUT2D eigenvalue weighted by atomic mass is 10.1. The first-order chi connectivity index (χ1) is 13.0. The summed E-state index contributed by atoms with van der Waals surface area (Å²) in [5, 5.41) is 22.7. The molecule has 2 aromatic rings. The molecule has 0 bridgehead atoms. The number of guanidine groups is 1. The highest BCUT2D eigenvalue weighted by molar-refractivity contribution is 5.96. The number of carbonyl (C=O) groups excluding carboxylic acids is 1. The van der Waals surface area contributed by atoms with Gasteiger partial charge in [-0.25, -0.2) is 4.99 Å². The lowest BCUT2D eigenvalue weighted by Gasteiger charge is -2.11. The normalized spacial score (nSPS) is 11.5. The summed E-state index contributed by atoms with van der Waals surface area (Å²) in [4.78, 5) is 16.5. The predicted octanol–water partition coefficient (Wildman–Crippen LogP) is 1.99. The number of nitrogens with zero attached hydrogens (tertiary/aromatic N) is 2. The maximum Gasteiger partial charge on any atom is 0.255 e. The number of benzene rings is 1. The van der Waals surface area contributed by atoms with Crippen molar-refractivity contribution in [1.82, 2.24) is 21.1 Å². The zero-order valence-corrected chi connectivity index (χ0v) is 16.0. The molecule has 1 aromatic heterocycles. The van der Waals surface area contributed by atoms with Gasteiger partial charge in [0.25, 0.3) is 5.91 Å². The maximum absolute atomic E-state index is 12.0. The average molecular weight is 373 g/mol. The highest BCUT2D eigenvalue weighted by atomic mass is 16.5. The first-order valence-electron chi connectivity index (χ1n) is 9.05. The third-order valence-corrected chi connectivity index (χ3v) is 3.76. The molecule has 146 valence electrons. The van der Waals surface area contributed by atoms with Crippen LogP contribution in [0.5, 0.6) is 5.75 Å². The molecule has 8 nitrogen and oxygen atoms in total. The van der Waals surface area contributed by atoms with Crippen molar-refractivity contribution < 1.29 is 14.4 Å². The quantitative estimate of drug-likeness (QED) is 0.320. The Hall–Kier alpha value is -3.03. The molecule has 0 aliphatic carbocycles. The molecule has 1 heterocycles. The third-order valence-electron chi connectivity index (χ3n) is 3.76. The summed E-state index contributed by atoms with van der Waals surface area (Å²) in [6.07, 6.45) is 0. The van der Waals surface area contributed by atoms with E-state index in [1.807, 2.05) is 13.0 Å². The highest BCUT2D eigenvalue weighted by Crippen LogP contribution is 2.15. The molecule has 27 heavy (non-hydrogen) atoms. The van der Waals surface area contributed by atoms with Gasteiger partial charge >= 0.3 is 0 Å². The summed E-state index contributed by atoms with van der Waals surface area (Å²) >= 11 is 0. The largest absolute Gasteiger partial charge is 0.507 e. The second-order valence-corrected chi connectivity index (χ2v) is 6.27. The first-order valence-corrected chi connectivity index (χ1v) is 9.05. The molecule has 1 aromatic carbocycles. The van der Waals surface area contributed by atoms with E-state index in [1.54, 1.807) is 18.2 Å². The molecule has 0 saturated heterocycles. The lowest BCUT2D eigenvalue weighted by molar-refractivity contribution is 0.0951. The molecule has 0 aliphatic rings. The minimum Gasteiger partial charge on any atom is -0.507 e. The number of phenolic OH excluding ortho intramolecular Hbond substituents is 1. The molecule has 0 fully saturated rings. The Bertz CT molecular complexity index is 770. The number of para-hydroxylation sites is 1. The van der Waals surface area contributed by atoms with Crippen LogP contribution in [0.2, 0.25) is 0 Å². The topological polar surface area (TPSA) is 112 Å². The van der Waals surface area contributed by atoms with Crippen molar-refractivity contribution in [2.24, 2.45) is 4.99 Å². The number of amides is 1. The van der Waals surface area contributed by atoms with Crippen molar-refractivity contribution in [3.05, 3.63) is 47.3 Å². The van der Waals surface area contributed by atoms with Gasteiger partial charge < -0.3 is 25.6 Å². The van der Waals surface area contributed by atoms with E-state index >= 15 is 0 Å². The highest BCUT2D eigenvalue weighted by Gasteiger charge is 2.10. The summed E-state index contributed by atoms with van der Waals surface area (Å²) < 4.78 is 5.28. The van der Waals surface area contributed by atoms with Gasteiger partial charge in [-0.2, -0.15) is 0 Å². The molecular weight excluding hydrogens is 346 g/mol. The Kier molecular flexibility index (Phi) is 7.66. The van der Waals surface area contributed by atoms with Crippen LogP contribution in [0.1, 0.15) is 48.5 Å². The number of hydrogen-bond donors (Lipinski definition) is 4. The van der Waals surface area contributed by atoms with E-state index in [2.05, 4.69) is 39.9 Å². The van der Waals surface area contributed by atoms with Crippen LogP contribution in [0.3, 0.4) is 0 Å². The number of aromatic nitrogens is 1. The fraction of sp³-hybridized carbons (Fsp3) is 0.421. The van der Waals surface area contributed by atoms with Crippen LogP contribution in [0.15, 0.2) is 39.8 Å². The molecule has 2 rings (SSSR count). The summed E-state index contributed by atoms with van der Waals surface area (Å²) in [5.74, 6) is 1.27. The van der Waals surface area contributed by atoms with Crippen molar-refractivity contribution in [2.75, 3.05) is 19.6 Å². The number of rotatable bonds is 8. The number of carbonyl (C=O) groups is 1. The minimum absolute atomic E-state index is 0.0364. The fourth-order valence-corrected chi connectivity index (χ4v) is 2.29. The number of aromatic hydroxyl groups is 1. The minimum atomic E-state index is -0.320. The number of phenols is 1. The molecular formula is C19H27N5O3. The lowest BCUT2D eigenvalue weighted by Crippen LogP contribution is -2.41. The van der Waals surface area contributed by atoms with Gasteiger partial charge in [0.1, 0.15) is 12.3 Å². The number of aliphatic imine (C=N–C) groups is 1. The van der Waals surface area contributed by atoms with E-state index in [9.17, 15) is 9.90 Å². The van der Waals surface area contributed by atoms with Gasteiger partial charge in [0, 0.05) is 25.7 Å². The fourth-order valence-electron chi connectivity index (χ4n) is 2.29. The molecule has 0 saturated carbocycles. The zero-order valence-electron chi connectivity index (χ0n) is 16.0. The van der Waals surface area contributed by atoms with Crippen molar-refractivity contribution in [2.45, 2.75) is 33.2 Å². The summed E-state index contributed by atoms with van der Waals surface area (Å²) in [6, 6.07) is 8.34. The van der Waals surface area contributed by atoms with E-state index in [4.69, 9.17) is 4.52 Å². The Morgan fingerprint density at radius 2 is 1.96 bits per heavy atom. The molecule has 0 spiro atoms. The Morgan fingerprint density at radius 1 is 1.22 bits per heavy atom. The summed E-state index contributed by atoms with van der Waals surface area (Å²) in [6.45, 7) is 8.04. The third kappa shape index (κ3) is 6.32. The first kappa shape index (κ1) is 20.3. The van der Waals surface area contributed by atoms with Gasteiger partial charge in [0.15, 0.2) is 11.7 Å². The number of nitrogens with one attached hydrogen (secondary N) is 3. The zero-order chi connectivity index (χ0) is 19.6. The Balaban J connectivity index is 1.81. The van der Waals surface area contributed by atoms with Crippen molar-refractivity contribution in [3.63, 3.8) is 0 Å². The SMILES string of the molecule is CCNC(=NCc1cc(C(C)C)no1)NCCNC(=O)c1ccccc1O. The van der Waals surface area contributed by atoms with E-state index in [-0.39, 0.29) is 17.2 Å². The second kappa shape index (κ2) is 10.2. The van der Waals surface area contributed by atoms with Crippen LogP contribution >= 0.6 is 0 Å². The van der Waals surface area contributed by atoms with Gasteiger partial charge in [0.05, 0.1) is 11.3 Å². The van der Waals surface area contributed by atoms with Gasteiger partial charge in [-0.15, -0.1) is 0 Å². The molecule has 0 aliphatic heterocycles. The van der Waals surface area contributed by atoms with Crippen LogP contribution in [-0.2, 0) is 6.54 Å². The van der Waals surface area contributed by atoms with E-state index < -0.39 is 0 Å². The van der Waals surface area contributed by atoms with Crippen LogP contribution in [-0.4, -0.2) is 41.8 Å². The second-order valence-electron chi connectivity index (χ2n) is 6.27. The maximum atomic E-state index is 12.0. The standard InChI is InChI=1S/C19H27N5O3/c1-4-20-19(23-12-14-11-16(13(2)3)24-27-14)22-10-9-21-18(26)15-7-5-6-8-17(15)25/h5-8,11,13,25H,4,9-10,12H2,1-3H3,(H,21,26)(H2,20,22,23). The summed E-state index contributed by atoms with van der Waals surface area (Å²) in [7, 11) is 0. The van der Waals surface area contributed by atoms with Crippen LogP contribution < -0.4 is 16.0 Å². The van der Waals surface area contributed by atoms with Crippen molar-refractivity contribution in [3.8, 4) is 5.75 Å². The van der Waals surface area contributed by atoms with Crippen LogP contribution in [0.4, 0.5) is 0 Å². The van der Waals surface area contributed by atoms with Gasteiger partial charge in [0.2, 0.25) is 0 Å². The molecule has 8 heteroatoms. The van der Waals surface area contributed by atoms with Crippen LogP contribution in [0, 0.1) is 0 Å². The number of hydrogen-bond acceptors (Lipinski definition) is 5. The molecule has 0 atom stereocenters. The van der Waals surface area contributed by atoms with Crippen molar-refractivity contribution >= 4 is 11.9 Å². The molecule has 4 N–H and O–H groups in total. The smallest absolute Gasteiger partial charge is 0.255 e. The molecule has 0 radical (unpaired) electrons. The summed E-state index contributed by atoms with van der Waals surface area (Å²) in [5.41, 5.74) is 1.16. The van der Waals surface area contributed by atoms with E-state index in [0.717, 1.165) is 5.69 Å². The van der Waals surface area contributed by atoms with Gasteiger partial charge in [-0.3, -0.25) is 4.79 Å². The Morgan fingerprint density at radius 3 is 2.63 bits per heavy atom. The van der Waals surface area contributed by atoms with E-state index in [1.165, 1.54) is 6.07 Å². The predicted molar refractivity (Wildman–Crippen MR) is 104 cm³/mol. The average Bonchev–Trinajstić information content (AvgIpc) is 3.12. The van der Waals surface area contributed by atoms with E-state index in [0.29, 0.717) is 43.8 Å². The molecule has 1 amide bonds. The van der Waals surface area contributed by atoms with Crippen LogP contribution in [0.25, 0.3) is 0 Å².